The van der Waals surface area contributed by atoms with Gasteiger partial charge < -0.3 is 20.7 Å². The van der Waals surface area contributed by atoms with Gasteiger partial charge in [-0.3, -0.25) is 4.79 Å². The van der Waals surface area contributed by atoms with Crippen molar-refractivity contribution in [3.05, 3.63) is 35.7 Å². The molecule has 0 bridgehead atoms. The SMILES string of the molecule is CNC(=O)c1ccc(OCc2nc(N)nc(N(C)C)n2)cc1. The van der Waals surface area contributed by atoms with E-state index < -0.39 is 0 Å². The molecule has 0 aliphatic heterocycles. The summed E-state index contributed by atoms with van der Waals surface area (Å²) in [5.74, 6) is 1.52. The quantitative estimate of drug-likeness (QED) is 0.826. The molecule has 0 atom stereocenters. The van der Waals surface area contributed by atoms with E-state index in [2.05, 4.69) is 20.3 Å². The van der Waals surface area contributed by atoms with Crippen LogP contribution in [-0.2, 0) is 6.61 Å². The number of amides is 1. The third-order valence-corrected chi connectivity index (χ3v) is 2.80. The van der Waals surface area contributed by atoms with E-state index in [-0.39, 0.29) is 18.5 Å². The van der Waals surface area contributed by atoms with Gasteiger partial charge in [0.25, 0.3) is 5.91 Å². The number of aromatic nitrogens is 3. The van der Waals surface area contributed by atoms with Crippen molar-refractivity contribution in [2.24, 2.45) is 0 Å². The summed E-state index contributed by atoms with van der Waals surface area (Å²) in [4.78, 5) is 25.5. The van der Waals surface area contributed by atoms with Crippen molar-refractivity contribution in [2.75, 3.05) is 31.8 Å². The lowest BCUT2D eigenvalue weighted by molar-refractivity contribution is 0.0963. The van der Waals surface area contributed by atoms with Gasteiger partial charge in [0, 0.05) is 26.7 Å². The highest BCUT2D eigenvalue weighted by molar-refractivity contribution is 5.94. The van der Waals surface area contributed by atoms with Gasteiger partial charge in [-0.15, -0.1) is 0 Å². The van der Waals surface area contributed by atoms with Crippen LogP contribution >= 0.6 is 0 Å². The standard InChI is InChI=1S/C14H18N6O2/c1-16-12(21)9-4-6-10(7-5-9)22-8-11-17-13(15)19-14(18-11)20(2)3/h4-7H,8H2,1-3H3,(H,16,21)(H2,15,17,18,19). The van der Waals surface area contributed by atoms with Crippen LogP contribution < -0.4 is 20.7 Å². The molecule has 1 amide bonds. The molecular weight excluding hydrogens is 284 g/mol. The minimum Gasteiger partial charge on any atom is -0.486 e. The topological polar surface area (TPSA) is 106 Å². The molecule has 8 nitrogen and oxygen atoms in total. The number of nitrogen functional groups attached to an aromatic ring is 1. The second kappa shape index (κ2) is 6.70. The zero-order valence-electron chi connectivity index (χ0n) is 12.7. The van der Waals surface area contributed by atoms with Crippen molar-refractivity contribution < 1.29 is 9.53 Å². The molecule has 1 heterocycles. The third kappa shape index (κ3) is 3.81. The summed E-state index contributed by atoms with van der Waals surface area (Å²) in [7, 11) is 5.22. The number of ether oxygens (including phenoxy) is 1. The number of anilines is 2. The number of hydrogen-bond donors (Lipinski definition) is 2. The first-order chi connectivity index (χ1) is 10.5. The van der Waals surface area contributed by atoms with Crippen molar-refractivity contribution >= 4 is 17.8 Å². The molecule has 0 saturated carbocycles. The molecule has 22 heavy (non-hydrogen) atoms. The molecule has 0 saturated heterocycles. The molecule has 1 aromatic carbocycles. The molecule has 0 fully saturated rings. The van der Waals surface area contributed by atoms with Crippen LogP contribution in [0.1, 0.15) is 16.2 Å². The average Bonchev–Trinajstić information content (AvgIpc) is 2.52. The summed E-state index contributed by atoms with van der Waals surface area (Å²) in [6, 6.07) is 6.78. The maximum atomic E-state index is 11.4. The highest BCUT2D eigenvalue weighted by Crippen LogP contribution is 2.14. The Kier molecular flexibility index (Phi) is 4.72. The molecule has 2 aromatic rings. The Morgan fingerprint density at radius 3 is 2.50 bits per heavy atom. The van der Waals surface area contributed by atoms with Gasteiger partial charge in [-0.05, 0) is 24.3 Å². The van der Waals surface area contributed by atoms with Gasteiger partial charge in [0.05, 0.1) is 0 Å². The van der Waals surface area contributed by atoms with Crippen LogP contribution in [0.3, 0.4) is 0 Å². The Hall–Kier alpha value is -2.90. The summed E-state index contributed by atoms with van der Waals surface area (Å²) in [5, 5.41) is 2.56. The number of carbonyl (C=O) groups excluding carboxylic acids is 1. The molecule has 8 heteroatoms. The minimum absolute atomic E-state index is 0.146. The van der Waals surface area contributed by atoms with Crippen LogP contribution in [0.15, 0.2) is 24.3 Å². The average molecular weight is 302 g/mol. The largest absolute Gasteiger partial charge is 0.486 e. The van der Waals surface area contributed by atoms with Gasteiger partial charge in [0.2, 0.25) is 11.9 Å². The fourth-order valence-corrected chi connectivity index (χ4v) is 1.68. The molecular formula is C14H18N6O2. The number of nitrogens with zero attached hydrogens (tertiary/aromatic N) is 4. The molecule has 0 aliphatic rings. The number of carbonyl (C=O) groups is 1. The highest BCUT2D eigenvalue weighted by atomic mass is 16.5. The normalized spacial score (nSPS) is 10.1. The maximum Gasteiger partial charge on any atom is 0.251 e. The first-order valence-corrected chi connectivity index (χ1v) is 6.62. The molecule has 116 valence electrons. The smallest absolute Gasteiger partial charge is 0.251 e. The van der Waals surface area contributed by atoms with Crippen molar-refractivity contribution in [3.63, 3.8) is 0 Å². The second-order valence-electron chi connectivity index (χ2n) is 4.70. The summed E-state index contributed by atoms with van der Waals surface area (Å²) in [6.07, 6.45) is 0. The van der Waals surface area contributed by atoms with E-state index in [1.165, 1.54) is 0 Å². The predicted molar refractivity (Wildman–Crippen MR) is 82.7 cm³/mol. The number of rotatable bonds is 5. The molecule has 3 N–H and O–H groups in total. The first kappa shape index (κ1) is 15.5. The Bertz CT molecular complexity index is 657. The lowest BCUT2D eigenvalue weighted by Crippen LogP contribution is -2.17. The highest BCUT2D eigenvalue weighted by Gasteiger charge is 2.07. The molecule has 0 radical (unpaired) electrons. The van der Waals surface area contributed by atoms with Crippen LogP contribution in [0.2, 0.25) is 0 Å². The van der Waals surface area contributed by atoms with Crippen LogP contribution in [0.4, 0.5) is 11.9 Å². The van der Waals surface area contributed by atoms with E-state index in [1.54, 1.807) is 36.2 Å². The molecule has 0 unspecified atom stereocenters. The Morgan fingerprint density at radius 2 is 1.91 bits per heavy atom. The van der Waals surface area contributed by atoms with Crippen molar-refractivity contribution in [1.29, 1.82) is 0 Å². The minimum atomic E-state index is -0.146. The first-order valence-electron chi connectivity index (χ1n) is 6.62. The van der Waals surface area contributed by atoms with Crippen LogP contribution in [0.25, 0.3) is 0 Å². The van der Waals surface area contributed by atoms with Crippen molar-refractivity contribution in [3.8, 4) is 5.75 Å². The van der Waals surface area contributed by atoms with Gasteiger partial charge in [-0.2, -0.15) is 15.0 Å². The van der Waals surface area contributed by atoms with Gasteiger partial charge in [0.1, 0.15) is 12.4 Å². The Balaban J connectivity index is 2.05. The molecule has 2 rings (SSSR count). The Labute approximate surface area is 128 Å². The van der Waals surface area contributed by atoms with Gasteiger partial charge in [0.15, 0.2) is 5.82 Å². The Morgan fingerprint density at radius 1 is 1.23 bits per heavy atom. The van der Waals surface area contributed by atoms with Gasteiger partial charge in [-0.25, -0.2) is 0 Å². The van der Waals surface area contributed by atoms with E-state index in [0.717, 1.165) is 0 Å². The van der Waals surface area contributed by atoms with Gasteiger partial charge >= 0.3 is 0 Å². The maximum absolute atomic E-state index is 11.4. The fraction of sp³-hybridized carbons (Fsp3) is 0.286. The van der Waals surface area contributed by atoms with Crippen LogP contribution in [-0.4, -0.2) is 42.0 Å². The third-order valence-electron chi connectivity index (χ3n) is 2.80. The van der Waals surface area contributed by atoms with Crippen molar-refractivity contribution in [2.45, 2.75) is 6.61 Å². The summed E-state index contributed by atoms with van der Waals surface area (Å²) in [5.41, 5.74) is 6.21. The second-order valence-corrected chi connectivity index (χ2v) is 4.70. The molecule has 0 aliphatic carbocycles. The van der Waals surface area contributed by atoms with E-state index in [9.17, 15) is 4.79 Å². The number of nitrogens with two attached hydrogens (primary N) is 1. The fourth-order valence-electron chi connectivity index (χ4n) is 1.68. The van der Waals surface area contributed by atoms with E-state index >= 15 is 0 Å². The predicted octanol–water partition coefficient (Wildman–Crippen LogP) is 0.458. The number of hydrogen-bond acceptors (Lipinski definition) is 7. The van der Waals surface area contributed by atoms with E-state index in [4.69, 9.17) is 10.5 Å². The lowest BCUT2D eigenvalue weighted by Gasteiger charge is -2.12. The summed E-state index contributed by atoms with van der Waals surface area (Å²) < 4.78 is 5.59. The van der Waals surface area contributed by atoms with Crippen LogP contribution in [0.5, 0.6) is 5.75 Å². The summed E-state index contributed by atoms with van der Waals surface area (Å²) >= 11 is 0. The zero-order chi connectivity index (χ0) is 16.1. The van der Waals surface area contributed by atoms with Crippen LogP contribution in [0, 0.1) is 0 Å². The van der Waals surface area contributed by atoms with Crippen molar-refractivity contribution in [1.82, 2.24) is 20.3 Å². The number of benzene rings is 1. The van der Waals surface area contributed by atoms with E-state index in [1.807, 2.05) is 14.1 Å². The molecule has 0 spiro atoms. The van der Waals surface area contributed by atoms with Gasteiger partial charge in [-0.1, -0.05) is 0 Å². The number of nitrogens with one attached hydrogen (secondary N) is 1. The monoisotopic (exact) mass is 302 g/mol. The summed E-state index contributed by atoms with van der Waals surface area (Å²) in [6.45, 7) is 0.160. The zero-order valence-corrected chi connectivity index (χ0v) is 12.7. The lowest BCUT2D eigenvalue weighted by atomic mass is 10.2. The molecule has 1 aromatic heterocycles. The van der Waals surface area contributed by atoms with E-state index in [0.29, 0.717) is 23.1 Å².